The Labute approximate surface area is 158 Å². The fourth-order valence-electron chi connectivity index (χ4n) is 2.22. The van der Waals surface area contributed by atoms with Crippen LogP contribution in [0.25, 0.3) is 0 Å². The maximum absolute atomic E-state index is 5.65. The van der Waals surface area contributed by atoms with Crippen molar-refractivity contribution in [3.63, 3.8) is 0 Å². The average molecular weight is 366 g/mol. The van der Waals surface area contributed by atoms with E-state index in [2.05, 4.69) is 20.2 Å². The maximum Gasteiger partial charge on any atom is 0.245 e. The first-order valence-corrected chi connectivity index (χ1v) is 8.69. The zero-order valence-corrected chi connectivity index (χ0v) is 15.2. The Morgan fingerprint density at radius 3 is 2.11 bits per heavy atom. The van der Waals surface area contributed by atoms with Gasteiger partial charge in [-0.25, -0.2) is 10.1 Å². The van der Waals surface area contributed by atoms with E-state index in [9.17, 15) is 0 Å². The Morgan fingerprint density at radius 1 is 0.889 bits per heavy atom. The Hall–Kier alpha value is -3.19. The molecule has 3 rings (SSSR count). The quantitative estimate of drug-likeness (QED) is 0.440. The Kier molecular flexibility index (Phi) is 6.94. The molecule has 1 N–H and O–H groups in total. The van der Waals surface area contributed by atoms with Crippen LogP contribution in [-0.4, -0.2) is 47.8 Å². The van der Waals surface area contributed by atoms with Crippen molar-refractivity contribution >= 4 is 12.2 Å². The topological polar surface area (TPSA) is 81.6 Å². The third kappa shape index (κ3) is 6.56. The molecule has 0 atom stereocenters. The van der Waals surface area contributed by atoms with E-state index in [1.54, 1.807) is 6.21 Å². The van der Waals surface area contributed by atoms with Crippen molar-refractivity contribution in [3.8, 4) is 11.5 Å². The van der Waals surface area contributed by atoms with E-state index in [-0.39, 0.29) is 0 Å². The van der Waals surface area contributed by atoms with Crippen molar-refractivity contribution in [3.05, 3.63) is 66.0 Å². The van der Waals surface area contributed by atoms with Gasteiger partial charge in [0.15, 0.2) is 0 Å². The minimum Gasteiger partial charge on any atom is -0.491 e. The maximum atomic E-state index is 5.65. The SMILES string of the molecule is Cc1ccc(OCCOCCOc2ccc(/C=N/c3ncn[nH]3)cc2)cc1. The summed E-state index contributed by atoms with van der Waals surface area (Å²) in [7, 11) is 0. The lowest BCUT2D eigenvalue weighted by molar-refractivity contribution is 0.0764. The van der Waals surface area contributed by atoms with Crippen LogP contribution >= 0.6 is 0 Å². The fourth-order valence-corrected chi connectivity index (χ4v) is 2.22. The van der Waals surface area contributed by atoms with E-state index in [1.807, 2.05) is 55.5 Å². The van der Waals surface area contributed by atoms with Crippen LogP contribution in [-0.2, 0) is 4.74 Å². The summed E-state index contributed by atoms with van der Waals surface area (Å²) in [6.45, 7) is 4.07. The molecule has 27 heavy (non-hydrogen) atoms. The van der Waals surface area contributed by atoms with Gasteiger partial charge in [-0.15, -0.1) is 0 Å². The van der Waals surface area contributed by atoms with Gasteiger partial charge in [0.05, 0.1) is 13.2 Å². The van der Waals surface area contributed by atoms with Gasteiger partial charge in [0, 0.05) is 6.21 Å². The lowest BCUT2D eigenvalue weighted by Gasteiger charge is -2.09. The van der Waals surface area contributed by atoms with E-state index < -0.39 is 0 Å². The van der Waals surface area contributed by atoms with Gasteiger partial charge in [0.2, 0.25) is 5.95 Å². The van der Waals surface area contributed by atoms with Gasteiger partial charge in [0.1, 0.15) is 31.0 Å². The van der Waals surface area contributed by atoms with Gasteiger partial charge in [-0.05, 0) is 48.9 Å². The number of H-pyrrole nitrogens is 1. The predicted molar refractivity (Wildman–Crippen MR) is 103 cm³/mol. The number of ether oxygens (including phenoxy) is 3. The molecule has 0 saturated carbocycles. The fraction of sp³-hybridized carbons (Fsp3) is 0.250. The molecular formula is C20H22N4O3. The molecule has 2 aromatic carbocycles. The first-order valence-electron chi connectivity index (χ1n) is 8.69. The molecule has 0 fully saturated rings. The highest BCUT2D eigenvalue weighted by atomic mass is 16.5. The third-order valence-corrected chi connectivity index (χ3v) is 3.63. The molecular weight excluding hydrogens is 344 g/mol. The lowest BCUT2D eigenvalue weighted by Crippen LogP contribution is -2.12. The molecule has 0 aliphatic heterocycles. The molecule has 7 nitrogen and oxygen atoms in total. The highest BCUT2D eigenvalue weighted by molar-refractivity contribution is 5.81. The summed E-state index contributed by atoms with van der Waals surface area (Å²) in [4.78, 5) is 8.10. The molecule has 0 spiro atoms. The van der Waals surface area contributed by atoms with E-state index in [0.717, 1.165) is 17.1 Å². The number of hydrogen-bond acceptors (Lipinski definition) is 6. The molecule has 1 heterocycles. The zero-order valence-electron chi connectivity index (χ0n) is 15.2. The Morgan fingerprint density at radius 2 is 1.52 bits per heavy atom. The second-order valence-electron chi connectivity index (χ2n) is 5.76. The van der Waals surface area contributed by atoms with Gasteiger partial charge >= 0.3 is 0 Å². The Balaban J connectivity index is 1.28. The molecule has 7 heteroatoms. The molecule has 0 amide bonds. The first kappa shape index (κ1) is 18.6. The number of nitrogens with one attached hydrogen (secondary N) is 1. The monoisotopic (exact) mass is 366 g/mol. The number of aryl methyl sites for hydroxylation is 1. The van der Waals surface area contributed by atoms with E-state index in [0.29, 0.717) is 32.4 Å². The number of hydrogen-bond donors (Lipinski definition) is 1. The van der Waals surface area contributed by atoms with Crippen molar-refractivity contribution in [2.45, 2.75) is 6.92 Å². The molecule has 0 unspecified atom stereocenters. The van der Waals surface area contributed by atoms with Crippen molar-refractivity contribution in [2.24, 2.45) is 4.99 Å². The molecule has 0 bridgehead atoms. The van der Waals surface area contributed by atoms with Gasteiger partial charge < -0.3 is 14.2 Å². The summed E-state index contributed by atoms with van der Waals surface area (Å²) in [5.74, 6) is 2.11. The molecule has 0 saturated heterocycles. The number of aromatic amines is 1. The number of benzene rings is 2. The summed E-state index contributed by atoms with van der Waals surface area (Å²) in [5.41, 5.74) is 2.16. The largest absolute Gasteiger partial charge is 0.491 e. The zero-order chi connectivity index (χ0) is 18.7. The van der Waals surface area contributed by atoms with Crippen LogP contribution in [0.2, 0.25) is 0 Å². The van der Waals surface area contributed by atoms with Crippen LogP contribution in [0.3, 0.4) is 0 Å². The number of aromatic nitrogens is 3. The van der Waals surface area contributed by atoms with Crippen LogP contribution in [0, 0.1) is 6.92 Å². The molecule has 3 aromatic rings. The summed E-state index contributed by atoms with van der Waals surface area (Å²) in [6, 6.07) is 15.6. The highest BCUT2D eigenvalue weighted by Crippen LogP contribution is 2.12. The average Bonchev–Trinajstić information content (AvgIpc) is 3.22. The van der Waals surface area contributed by atoms with E-state index >= 15 is 0 Å². The first-order chi connectivity index (χ1) is 13.3. The summed E-state index contributed by atoms with van der Waals surface area (Å²) >= 11 is 0. The summed E-state index contributed by atoms with van der Waals surface area (Å²) in [5, 5.41) is 6.41. The van der Waals surface area contributed by atoms with Crippen LogP contribution < -0.4 is 9.47 Å². The molecule has 1 aromatic heterocycles. The van der Waals surface area contributed by atoms with Gasteiger partial charge in [-0.1, -0.05) is 17.7 Å². The highest BCUT2D eigenvalue weighted by Gasteiger charge is 1.97. The van der Waals surface area contributed by atoms with Gasteiger partial charge in [-0.3, -0.25) is 0 Å². The van der Waals surface area contributed by atoms with E-state index in [1.165, 1.54) is 11.9 Å². The van der Waals surface area contributed by atoms with Gasteiger partial charge in [0.25, 0.3) is 0 Å². The third-order valence-electron chi connectivity index (χ3n) is 3.63. The molecule has 0 radical (unpaired) electrons. The summed E-state index contributed by atoms with van der Waals surface area (Å²) < 4.78 is 16.8. The molecule has 0 aliphatic rings. The standard InChI is InChI=1S/C20H22N4O3/c1-16-2-6-18(7-3-16)26-12-10-25-11-13-27-19-8-4-17(5-9-19)14-21-20-22-15-23-24-20/h2-9,14-15H,10-13H2,1H3,(H,22,23,24)/b21-14+. The Bertz CT molecular complexity index is 815. The summed E-state index contributed by atoms with van der Waals surface area (Å²) in [6.07, 6.45) is 3.13. The van der Waals surface area contributed by atoms with Crippen LogP contribution in [0.5, 0.6) is 11.5 Å². The lowest BCUT2D eigenvalue weighted by atomic mass is 10.2. The van der Waals surface area contributed by atoms with Crippen molar-refractivity contribution in [2.75, 3.05) is 26.4 Å². The number of rotatable bonds is 10. The molecule has 0 aliphatic carbocycles. The normalized spacial score (nSPS) is 11.0. The number of nitrogens with zero attached hydrogens (tertiary/aromatic N) is 3. The van der Waals surface area contributed by atoms with Gasteiger partial charge in [-0.2, -0.15) is 10.1 Å². The predicted octanol–water partition coefficient (Wildman–Crippen LogP) is 3.34. The van der Waals surface area contributed by atoms with E-state index in [4.69, 9.17) is 14.2 Å². The number of aliphatic imine (C=N–C) groups is 1. The minimum atomic E-state index is 0.471. The second-order valence-corrected chi connectivity index (χ2v) is 5.76. The van der Waals surface area contributed by atoms with Crippen LogP contribution in [0.1, 0.15) is 11.1 Å². The van der Waals surface area contributed by atoms with Crippen molar-refractivity contribution in [1.82, 2.24) is 15.2 Å². The van der Waals surface area contributed by atoms with Crippen LogP contribution in [0.15, 0.2) is 59.9 Å². The minimum absolute atomic E-state index is 0.471. The smallest absolute Gasteiger partial charge is 0.245 e. The van der Waals surface area contributed by atoms with Crippen molar-refractivity contribution < 1.29 is 14.2 Å². The second kappa shape index (κ2) is 10.1. The van der Waals surface area contributed by atoms with Crippen LogP contribution in [0.4, 0.5) is 5.95 Å². The molecule has 140 valence electrons. The van der Waals surface area contributed by atoms with Crippen molar-refractivity contribution in [1.29, 1.82) is 0 Å².